The minimum Gasteiger partial charge on any atom is -0.550 e. The maximum atomic E-state index is 9.73. The Labute approximate surface area is 77.2 Å². The third-order valence-electron chi connectivity index (χ3n) is 0.751. The molecule has 3 heteroatoms. The van der Waals surface area contributed by atoms with Gasteiger partial charge in [-0.25, -0.2) is 0 Å². The third-order valence-corrected chi connectivity index (χ3v) is 0.751. The standard InChI is InChI=1S/C6H10O2.Na/c1-2-3-4-5-6(7)8;/h2-3H,4-5H2,1H3,(H,7,8);/q;+1/p-1. The summed E-state index contributed by atoms with van der Waals surface area (Å²) < 4.78 is 0. The van der Waals surface area contributed by atoms with Crippen LogP contribution in [0.4, 0.5) is 0 Å². The van der Waals surface area contributed by atoms with Crippen LogP contribution in [0.15, 0.2) is 12.2 Å². The van der Waals surface area contributed by atoms with Gasteiger partial charge in [0.15, 0.2) is 0 Å². The second-order valence-electron chi connectivity index (χ2n) is 1.48. The van der Waals surface area contributed by atoms with Crippen LogP contribution in [-0.2, 0) is 4.79 Å². The fraction of sp³-hybridized carbons (Fsp3) is 0.500. The molecule has 0 saturated carbocycles. The van der Waals surface area contributed by atoms with Gasteiger partial charge in [0.25, 0.3) is 0 Å². The van der Waals surface area contributed by atoms with E-state index >= 15 is 0 Å². The van der Waals surface area contributed by atoms with E-state index in [9.17, 15) is 9.90 Å². The largest absolute Gasteiger partial charge is 1.00 e. The Bertz CT molecular complexity index is 99.2. The Morgan fingerprint density at radius 1 is 1.67 bits per heavy atom. The molecule has 0 amide bonds. The number of carbonyl (C=O) groups is 1. The molecule has 0 fully saturated rings. The van der Waals surface area contributed by atoms with Gasteiger partial charge in [-0.15, -0.1) is 0 Å². The number of hydrogen-bond acceptors (Lipinski definition) is 2. The Hall–Kier alpha value is 0.210. The number of carbonyl (C=O) groups excluding carboxylic acids is 1. The fourth-order valence-electron chi connectivity index (χ4n) is 0.368. The average Bonchev–Trinajstić information content (AvgIpc) is 1.66. The quantitative estimate of drug-likeness (QED) is 0.308. The maximum Gasteiger partial charge on any atom is 1.00 e. The second kappa shape index (κ2) is 8.21. The van der Waals surface area contributed by atoms with Crippen molar-refractivity contribution in [3.8, 4) is 0 Å². The molecule has 0 aromatic carbocycles. The predicted molar refractivity (Wildman–Crippen MR) is 29.1 cm³/mol. The minimum absolute atomic E-state index is 0. The van der Waals surface area contributed by atoms with E-state index in [0.717, 1.165) is 0 Å². The van der Waals surface area contributed by atoms with Crippen molar-refractivity contribution >= 4 is 5.97 Å². The molecule has 0 N–H and O–H groups in total. The molecule has 0 aromatic heterocycles. The zero-order valence-corrected chi connectivity index (χ0v) is 7.89. The first-order valence-electron chi connectivity index (χ1n) is 2.58. The first-order chi connectivity index (χ1) is 3.77. The van der Waals surface area contributed by atoms with Gasteiger partial charge in [-0.1, -0.05) is 12.2 Å². The van der Waals surface area contributed by atoms with Crippen LogP contribution >= 0.6 is 0 Å². The van der Waals surface area contributed by atoms with Crippen molar-refractivity contribution in [3.63, 3.8) is 0 Å². The van der Waals surface area contributed by atoms with Crippen molar-refractivity contribution in [2.75, 3.05) is 0 Å². The molecule has 0 bridgehead atoms. The van der Waals surface area contributed by atoms with Crippen LogP contribution in [0, 0.1) is 0 Å². The number of aliphatic carboxylic acids is 1. The van der Waals surface area contributed by atoms with Crippen molar-refractivity contribution in [1.29, 1.82) is 0 Å². The fourth-order valence-corrected chi connectivity index (χ4v) is 0.368. The van der Waals surface area contributed by atoms with Crippen LogP contribution in [-0.4, -0.2) is 5.97 Å². The molecule has 0 aliphatic carbocycles. The van der Waals surface area contributed by atoms with Gasteiger partial charge in [-0.2, -0.15) is 0 Å². The van der Waals surface area contributed by atoms with Crippen LogP contribution in [0.3, 0.4) is 0 Å². The van der Waals surface area contributed by atoms with Crippen molar-refractivity contribution in [1.82, 2.24) is 0 Å². The van der Waals surface area contributed by atoms with E-state index in [1.807, 2.05) is 13.0 Å². The van der Waals surface area contributed by atoms with Crippen molar-refractivity contribution in [3.05, 3.63) is 12.2 Å². The topological polar surface area (TPSA) is 40.1 Å². The molecule has 0 atom stereocenters. The summed E-state index contributed by atoms with van der Waals surface area (Å²) in [6.07, 6.45) is 4.34. The SMILES string of the molecule is CC=CCCC(=O)[O-].[Na+]. The van der Waals surface area contributed by atoms with Gasteiger partial charge < -0.3 is 9.90 Å². The summed E-state index contributed by atoms with van der Waals surface area (Å²) in [6, 6.07) is 0. The molecule has 0 aliphatic heterocycles. The monoisotopic (exact) mass is 136 g/mol. The molecule has 0 rings (SSSR count). The second-order valence-corrected chi connectivity index (χ2v) is 1.48. The molecule has 0 heterocycles. The van der Waals surface area contributed by atoms with Crippen LogP contribution in [0.2, 0.25) is 0 Å². The van der Waals surface area contributed by atoms with E-state index in [1.54, 1.807) is 6.08 Å². The third kappa shape index (κ3) is 11.7. The van der Waals surface area contributed by atoms with Gasteiger partial charge >= 0.3 is 29.6 Å². The summed E-state index contributed by atoms with van der Waals surface area (Å²) in [5.74, 6) is -0.983. The summed E-state index contributed by atoms with van der Waals surface area (Å²) in [4.78, 5) is 9.73. The van der Waals surface area contributed by atoms with Crippen LogP contribution in [0.25, 0.3) is 0 Å². The summed E-state index contributed by atoms with van der Waals surface area (Å²) in [7, 11) is 0. The van der Waals surface area contributed by atoms with Gasteiger partial charge in [0.05, 0.1) is 0 Å². The zero-order valence-electron chi connectivity index (χ0n) is 5.89. The molecule has 0 aromatic rings. The van der Waals surface area contributed by atoms with E-state index in [4.69, 9.17) is 0 Å². The van der Waals surface area contributed by atoms with Crippen molar-refractivity contribution < 1.29 is 39.5 Å². The molecule has 0 saturated heterocycles. The summed E-state index contributed by atoms with van der Waals surface area (Å²) in [5.41, 5.74) is 0. The summed E-state index contributed by atoms with van der Waals surface area (Å²) in [6.45, 7) is 1.86. The van der Waals surface area contributed by atoms with Gasteiger partial charge in [0, 0.05) is 5.97 Å². The molecule has 0 aliphatic rings. The number of hydrogen-bond donors (Lipinski definition) is 0. The van der Waals surface area contributed by atoms with Crippen molar-refractivity contribution in [2.45, 2.75) is 19.8 Å². The summed E-state index contributed by atoms with van der Waals surface area (Å²) in [5, 5.41) is 9.73. The molecule has 0 unspecified atom stereocenters. The normalized spacial score (nSPS) is 9.00. The Morgan fingerprint density at radius 3 is 2.56 bits per heavy atom. The molecule has 0 radical (unpaired) electrons. The van der Waals surface area contributed by atoms with E-state index in [-0.39, 0.29) is 36.0 Å². The molecule has 2 nitrogen and oxygen atoms in total. The first kappa shape index (κ1) is 11.9. The predicted octanol–water partition coefficient (Wildman–Crippen LogP) is -2.90. The number of allylic oxidation sites excluding steroid dienone is 2. The van der Waals surface area contributed by atoms with E-state index in [2.05, 4.69) is 0 Å². The Balaban J connectivity index is 0. The van der Waals surface area contributed by atoms with E-state index in [1.165, 1.54) is 0 Å². The van der Waals surface area contributed by atoms with Gasteiger partial charge in [-0.3, -0.25) is 0 Å². The Morgan fingerprint density at radius 2 is 2.22 bits per heavy atom. The molecule has 9 heavy (non-hydrogen) atoms. The number of carboxylic acids is 1. The number of rotatable bonds is 3. The summed E-state index contributed by atoms with van der Waals surface area (Å²) >= 11 is 0. The van der Waals surface area contributed by atoms with Crippen LogP contribution in [0.1, 0.15) is 19.8 Å². The van der Waals surface area contributed by atoms with Crippen LogP contribution < -0.4 is 34.7 Å². The molecule has 46 valence electrons. The maximum absolute atomic E-state index is 9.73. The van der Waals surface area contributed by atoms with Gasteiger partial charge in [0.2, 0.25) is 0 Å². The van der Waals surface area contributed by atoms with Crippen LogP contribution in [0.5, 0.6) is 0 Å². The minimum atomic E-state index is -0.983. The van der Waals surface area contributed by atoms with E-state index < -0.39 is 5.97 Å². The molecule has 0 spiro atoms. The zero-order chi connectivity index (χ0) is 6.41. The first-order valence-corrected chi connectivity index (χ1v) is 2.58. The average molecular weight is 136 g/mol. The molecular weight excluding hydrogens is 127 g/mol. The van der Waals surface area contributed by atoms with Gasteiger partial charge in [0.1, 0.15) is 0 Å². The number of carboxylic acid groups (broad SMARTS) is 1. The van der Waals surface area contributed by atoms with E-state index in [0.29, 0.717) is 6.42 Å². The smallest absolute Gasteiger partial charge is 0.550 e. The Kier molecular flexibility index (Phi) is 10.9. The van der Waals surface area contributed by atoms with Gasteiger partial charge in [-0.05, 0) is 19.8 Å². The van der Waals surface area contributed by atoms with Crippen molar-refractivity contribution in [2.24, 2.45) is 0 Å². The molecular formula is C6H9NaO2.